The first-order chi connectivity index (χ1) is 10.0. The van der Waals surface area contributed by atoms with Gasteiger partial charge in [-0.1, -0.05) is 35.3 Å². The van der Waals surface area contributed by atoms with E-state index in [-0.39, 0.29) is 5.97 Å². The molecule has 0 bridgehead atoms. The molecule has 0 radical (unpaired) electrons. The Bertz CT molecular complexity index is 504. The van der Waals surface area contributed by atoms with Gasteiger partial charge in [0.2, 0.25) is 0 Å². The van der Waals surface area contributed by atoms with Crippen molar-refractivity contribution in [2.75, 3.05) is 33.9 Å². The van der Waals surface area contributed by atoms with Crippen molar-refractivity contribution in [3.8, 4) is 0 Å². The van der Waals surface area contributed by atoms with Gasteiger partial charge in [-0.15, -0.1) is 0 Å². The molecule has 0 saturated carbocycles. The van der Waals surface area contributed by atoms with Crippen LogP contribution in [0.4, 0.5) is 0 Å². The number of ether oxygens (including phenoxy) is 2. The van der Waals surface area contributed by atoms with Crippen molar-refractivity contribution in [2.24, 2.45) is 5.92 Å². The normalized spacial score (nSPS) is 19.8. The molecule has 0 N–H and O–H groups in total. The maximum Gasteiger partial charge on any atom is 0.327 e. The number of hydrogen-bond acceptors (Lipinski definition) is 4. The van der Waals surface area contributed by atoms with Crippen LogP contribution in [0.25, 0.3) is 0 Å². The average Bonchev–Trinajstić information content (AvgIpc) is 2.96. The summed E-state index contributed by atoms with van der Waals surface area (Å²) in [5, 5.41) is 0.824. The van der Waals surface area contributed by atoms with Crippen LogP contribution in [0.3, 0.4) is 0 Å². The molecule has 0 unspecified atom stereocenters. The lowest BCUT2D eigenvalue weighted by Crippen LogP contribution is -2.35. The highest BCUT2D eigenvalue weighted by molar-refractivity contribution is 6.42. The molecule has 0 spiro atoms. The molecular weight excluding hydrogens is 313 g/mol. The smallest absolute Gasteiger partial charge is 0.327 e. The van der Waals surface area contributed by atoms with Gasteiger partial charge in [0.1, 0.15) is 6.04 Å². The zero-order valence-electron chi connectivity index (χ0n) is 12.1. The fourth-order valence-electron chi connectivity index (χ4n) is 2.63. The van der Waals surface area contributed by atoms with Gasteiger partial charge in [0, 0.05) is 18.7 Å². The maximum absolute atomic E-state index is 12.2. The number of nitrogens with zero attached hydrogens (tertiary/aromatic N) is 1. The van der Waals surface area contributed by atoms with E-state index in [1.807, 2.05) is 11.9 Å². The van der Waals surface area contributed by atoms with E-state index in [2.05, 4.69) is 0 Å². The highest BCUT2D eigenvalue weighted by atomic mass is 35.5. The lowest BCUT2D eigenvalue weighted by molar-refractivity contribution is -0.147. The molecule has 1 fully saturated rings. The number of methoxy groups -OCH3 is 1. The van der Waals surface area contributed by atoms with Crippen LogP contribution in [0.2, 0.25) is 10.0 Å². The second-order valence-corrected chi connectivity index (χ2v) is 6.02. The van der Waals surface area contributed by atoms with Crippen molar-refractivity contribution in [3.63, 3.8) is 0 Å². The molecule has 0 amide bonds. The van der Waals surface area contributed by atoms with Gasteiger partial charge < -0.3 is 9.47 Å². The summed E-state index contributed by atoms with van der Waals surface area (Å²) in [6, 6.07) is 4.72. The van der Waals surface area contributed by atoms with Gasteiger partial charge in [-0.25, -0.2) is 4.79 Å². The van der Waals surface area contributed by atoms with Crippen molar-refractivity contribution in [2.45, 2.75) is 12.5 Å². The van der Waals surface area contributed by atoms with Crippen LogP contribution in [-0.4, -0.2) is 44.8 Å². The first kappa shape index (κ1) is 16.6. The highest BCUT2D eigenvalue weighted by Gasteiger charge is 2.31. The third kappa shape index (κ3) is 3.89. The Balaban J connectivity index is 2.24. The van der Waals surface area contributed by atoms with E-state index in [4.69, 9.17) is 32.7 Å². The lowest BCUT2D eigenvalue weighted by Gasteiger charge is -2.28. The van der Waals surface area contributed by atoms with Gasteiger partial charge >= 0.3 is 5.97 Å². The molecule has 1 saturated heterocycles. The van der Waals surface area contributed by atoms with Gasteiger partial charge in [-0.2, -0.15) is 0 Å². The first-order valence-corrected chi connectivity index (χ1v) is 7.60. The third-order valence-electron chi connectivity index (χ3n) is 3.71. The van der Waals surface area contributed by atoms with E-state index in [9.17, 15) is 4.79 Å². The number of carbonyl (C=O) groups is 1. The maximum atomic E-state index is 12.2. The fraction of sp³-hybridized carbons (Fsp3) is 0.533. The second-order valence-electron chi connectivity index (χ2n) is 5.24. The average molecular weight is 332 g/mol. The summed E-state index contributed by atoms with van der Waals surface area (Å²) in [5.74, 6) is 0.0701. The molecule has 0 aromatic heterocycles. The highest BCUT2D eigenvalue weighted by Crippen LogP contribution is 2.33. The van der Waals surface area contributed by atoms with Gasteiger partial charge in [0.15, 0.2) is 0 Å². The van der Waals surface area contributed by atoms with Crippen molar-refractivity contribution in [1.29, 1.82) is 0 Å². The molecule has 1 heterocycles. The van der Waals surface area contributed by atoms with Crippen LogP contribution in [0.15, 0.2) is 18.2 Å². The minimum absolute atomic E-state index is 0.347. The van der Waals surface area contributed by atoms with Gasteiger partial charge in [0.25, 0.3) is 0 Å². The Labute approximate surface area is 134 Å². The number of halogens is 2. The second kappa shape index (κ2) is 7.45. The third-order valence-corrected chi connectivity index (χ3v) is 4.54. The van der Waals surface area contributed by atoms with Crippen molar-refractivity contribution in [1.82, 2.24) is 4.90 Å². The Hall–Kier alpha value is -0.810. The van der Waals surface area contributed by atoms with E-state index >= 15 is 0 Å². The minimum Gasteiger partial charge on any atom is -0.468 e. The molecule has 1 aromatic carbocycles. The monoisotopic (exact) mass is 331 g/mol. The number of carbonyl (C=O) groups excluding carboxylic acids is 1. The molecule has 6 heteroatoms. The zero-order chi connectivity index (χ0) is 15.4. The van der Waals surface area contributed by atoms with Gasteiger partial charge in [0.05, 0.1) is 23.8 Å². The Morgan fingerprint density at radius 2 is 2.29 bits per heavy atom. The SMILES string of the molecule is COC(=O)[C@@H](c1cccc(Cl)c1Cl)N(C)C[C@@H]1CCOC1. The van der Waals surface area contributed by atoms with Crippen molar-refractivity contribution >= 4 is 29.2 Å². The molecule has 1 aliphatic rings. The zero-order valence-corrected chi connectivity index (χ0v) is 13.7. The van der Waals surface area contributed by atoms with E-state index < -0.39 is 6.04 Å². The van der Waals surface area contributed by atoms with E-state index in [0.29, 0.717) is 21.5 Å². The van der Waals surface area contributed by atoms with E-state index in [0.717, 1.165) is 26.2 Å². The quantitative estimate of drug-likeness (QED) is 0.777. The number of hydrogen-bond donors (Lipinski definition) is 0. The molecule has 2 atom stereocenters. The summed E-state index contributed by atoms with van der Waals surface area (Å²) in [6.45, 7) is 2.24. The van der Waals surface area contributed by atoms with Crippen LogP contribution in [0.1, 0.15) is 18.0 Å². The fourth-order valence-corrected chi connectivity index (χ4v) is 3.04. The van der Waals surface area contributed by atoms with Gasteiger partial charge in [-0.3, -0.25) is 4.90 Å². The summed E-state index contributed by atoms with van der Waals surface area (Å²) in [4.78, 5) is 14.1. The predicted octanol–water partition coefficient (Wildman–Crippen LogP) is 3.18. The molecule has 4 nitrogen and oxygen atoms in total. The lowest BCUT2D eigenvalue weighted by atomic mass is 10.0. The molecule has 1 aliphatic heterocycles. The number of rotatable bonds is 5. The summed E-state index contributed by atoms with van der Waals surface area (Å²) < 4.78 is 10.3. The van der Waals surface area contributed by atoms with Crippen molar-refractivity contribution < 1.29 is 14.3 Å². The van der Waals surface area contributed by atoms with Crippen LogP contribution >= 0.6 is 23.2 Å². The van der Waals surface area contributed by atoms with Crippen LogP contribution in [0.5, 0.6) is 0 Å². The molecule has 2 rings (SSSR count). The van der Waals surface area contributed by atoms with Gasteiger partial charge in [-0.05, 0) is 25.5 Å². The Kier molecular flexibility index (Phi) is 5.88. The number of likely N-dealkylation sites (N-methyl/N-ethyl adjacent to an activating group) is 1. The molecule has 21 heavy (non-hydrogen) atoms. The molecule has 1 aromatic rings. The summed E-state index contributed by atoms with van der Waals surface area (Å²) >= 11 is 12.3. The minimum atomic E-state index is -0.568. The molecular formula is C15H19Cl2NO3. The molecule has 0 aliphatic carbocycles. The van der Waals surface area contributed by atoms with Crippen LogP contribution in [0, 0.1) is 5.92 Å². The van der Waals surface area contributed by atoms with Crippen molar-refractivity contribution in [3.05, 3.63) is 33.8 Å². The predicted molar refractivity (Wildman–Crippen MR) is 82.8 cm³/mol. The largest absolute Gasteiger partial charge is 0.468 e. The Morgan fingerprint density at radius 3 is 2.90 bits per heavy atom. The van der Waals surface area contributed by atoms with Crippen LogP contribution < -0.4 is 0 Å². The Morgan fingerprint density at radius 1 is 1.52 bits per heavy atom. The van der Waals surface area contributed by atoms with E-state index in [1.54, 1.807) is 18.2 Å². The summed E-state index contributed by atoms with van der Waals surface area (Å²) in [6.07, 6.45) is 1.00. The number of benzene rings is 1. The van der Waals surface area contributed by atoms with Crippen LogP contribution in [-0.2, 0) is 14.3 Å². The standard InChI is InChI=1S/C15H19Cl2NO3/c1-18(8-10-6-7-21-9-10)14(15(19)20-2)11-4-3-5-12(16)13(11)17/h3-5,10,14H,6-9H2,1-2H3/t10-,14+/m0/s1. The summed E-state index contributed by atoms with van der Waals surface area (Å²) in [5.41, 5.74) is 0.664. The summed E-state index contributed by atoms with van der Waals surface area (Å²) in [7, 11) is 3.26. The first-order valence-electron chi connectivity index (χ1n) is 6.84. The number of esters is 1. The topological polar surface area (TPSA) is 38.8 Å². The molecule has 116 valence electrons. The van der Waals surface area contributed by atoms with E-state index in [1.165, 1.54) is 7.11 Å².